The number of Topliss-reactive ketones (excluding diaryl/α,β-unsaturated/α-hetero) is 1. The second-order valence-corrected chi connectivity index (χ2v) is 9.01. The Kier molecular flexibility index (Phi) is 6.16. The molecule has 2 aliphatic rings. The van der Waals surface area contributed by atoms with Crippen molar-refractivity contribution in [2.75, 3.05) is 36.0 Å². The highest BCUT2D eigenvalue weighted by Gasteiger charge is 2.36. The number of halogens is 1. The maximum absolute atomic E-state index is 13.6. The monoisotopic (exact) mass is 459 g/mol. The lowest BCUT2D eigenvalue weighted by molar-refractivity contribution is -0.119. The number of ketones is 1. The standard InChI is InChI=1S/C27H26ClN3O2/c28-21-8-4-7-20(15-21)27(33)24-17-26(32)31(18-19-5-2-1-3-6-19)25-10-9-22(16-23(24)25)30-13-11-29-12-14-30/h1-10,15-16,24,29H,11-14,17-18H2. The van der Waals surface area contributed by atoms with Crippen LogP contribution in [-0.4, -0.2) is 37.9 Å². The van der Waals surface area contributed by atoms with E-state index in [1.807, 2.05) is 41.3 Å². The van der Waals surface area contributed by atoms with Crippen LogP contribution >= 0.6 is 11.6 Å². The SMILES string of the molecule is O=C(c1cccc(Cl)c1)C1CC(=O)N(Cc2ccccc2)c2ccc(N3CCNCC3)cc21. The number of rotatable bonds is 5. The summed E-state index contributed by atoms with van der Waals surface area (Å²) in [7, 11) is 0. The first kappa shape index (κ1) is 21.7. The molecule has 5 nitrogen and oxygen atoms in total. The van der Waals surface area contributed by atoms with Gasteiger partial charge < -0.3 is 15.1 Å². The fraction of sp³-hybridized carbons (Fsp3) is 0.259. The van der Waals surface area contributed by atoms with E-state index in [0.717, 1.165) is 48.7 Å². The van der Waals surface area contributed by atoms with Crippen molar-refractivity contribution in [1.29, 1.82) is 0 Å². The van der Waals surface area contributed by atoms with Gasteiger partial charge in [-0.2, -0.15) is 0 Å². The van der Waals surface area contributed by atoms with Gasteiger partial charge in [-0.3, -0.25) is 9.59 Å². The van der Waals surface area contributed by atoms with Crippen molar-refractivity contribution in [2.45, 2.75) is 18.9 Å². The zero-order chi connectivity index (χ0) is 22.8. The first-order valence-electron chi connectivity index (χ1n) is 11.3. The molecule has 1 fully saturated rings. The number of piperazine rings is 1. The Morgan fingerprint density at radius 2 is 1.76 bits per heavy atom. The molecule has 1 amide bonds. The van der Waals surface area contributed by atoms with Gasteiger partial charge in [0.1, 0.15) is 0 Å². The summed E-state index contributed by atoms with van der Waals surface area (Å²) in [5.41, 5.74) is 4.41. The molecule has 5 rings (SSSR count). The molecule has 0 aromatic heterocycles. The van der Waals surface area contributed by atoms with Crippen molar-refractivity contribution in [3.8, 4) is 0 Å². The maximum atomic E-state index is 13.6. The zero-order valence-electron chi connectivity index (χ0n) is 18.3. The van der Waals surface area contributed by atoms with Gasteiger partial charge in [-0.15, -0.1) is 0 Å². The fourth-order valence-electron chi connectivity index (χ4n) is 4.73. The number of carbonyl (C=O) groups is 2. The Balaban J connectivity index is 1.56. The van der Waals surface area contributed by atoms with Crippen LogP contribution in [0.1, 0.15) is 33.8 Å². The second kappa shape index (κ2) is 9.38. The van der Waals surface area contributed by atoms with E-state index in [-0.39, 0.29) is 18.1 Å². The number of fused-ring (bicyclic) bond motifs is 1. The second-order valence-electron chi connectivity index (χ2n) is 8.58. The molecule has 2 heterocycles. The molecule has 0 saturated carbocycles. The highest BCUT2D eigenvalue weighted by atomic mass is 35.5. The van der Waals surface area contributed by atoms with Gasteiger partial charge in [0.15, 0.2) is 5.78 Å². The van der Waals surface area contributed by atoms with E-state index >= 15 is 0 Å². The smallest absolute Gasteiger partial charge is 0.228 e. The van der Waals surface area contributed by atoms with Crippen molar-refractivity contribution >= 4 is 34.7 Å². The summed E-state index contributed by atoms with van der Waals surface area (Å²) in [5, 5.41) is 3.90. The van der Waals surface area contributed by atoms with Gasteiger partial charge in [0.2, 0.25) is 5.91 Å². The Morgan fingerprint density at radius 1 is 0.970 bits per heavy atom. The van der Waals surface area contributed by atoms with Crippen LogP contribution in [0.15, 0.2) is 72.8 Å². The molecule has 6 heteroatoms. The molecule has 2 aliphatic heterocycles. The highest BCUT2D eigenvalue weighted by molar-refractivity contribution is 6.31. The van der Waals surface area contributed by atoms with Crippen molar-refractivity contribution in [3.05, 3.63) is 94.5 Å². The molecule has 0 spiro atoms. The third-order valence-electron chi connectivity index (χ3n) is 6.45. The van der Waals surface area contributed by atoms with Gasteiger partial charge in [0, 0.05) is 54.6 Å². The van der Waals surface area contributed by atoms with Crippen molar-refractivity contribution in [2.24, 2.45) is 0 Å². The Morgan fingerprint density at radius 3 is 2.52 bits per heavy atom. The summed E-state index contributed by atoms with van der Waals surface area (Å²) in [4.78, 5) is 31.0. The number of benzene rings is 3. The highest BCUT2D eigenvalue weighted by Crippen LogP contribution is 2.41. The van der Waals surface area contributed by atoms with Crippen molar-refractivity contribution in [3.63, 3.8) is 0 Å². The molecule has 0 bridgehead atoms. The lowest BCUT2D eigenvalue weighted by atomic mass is 9.83. The van der Waals surface area contributed by atoms with E-state index < -0.39 is 5.92 Å². The molecule has 0 aliphatic carbocycles. The molecular weight excluding hydrogens is 434 g/mol. The summed E-state index contributed by atoms with van der Waals surface area (Å²) in [5.74, 6) is -0.633. The zero-order valence-corrected chi connectivity index (χ0v) is 19.1. The summed E-state index contributed by atoms with van der Waals surface area (Å²) in [6.07, 6.45) is 0.149. The number of hydrogen-bond acceptors (Lipinski definition) is 4. The number of carbonyl (C=O) groups excluding carboxylic acids is 2. The van der Waals surface area contributed by atoms with Crippen LogP contribution < -0.4 is 15.1 Å². The average Bonchev–Trinajstić information content (AvgIpc) is 2.86. The van der Waals surface area contributed by atoms with Gasteiger partial charge in [-0.25, -0.2) is 0 Å². The van der Waals surface area contributed by atoms with Crippen LogP contribution in [0.25, 0.3) is 0 Å². The van der Waals surface area contributed by atoms with Crippen LogP contribution in [0, 0.1) is 0 Å². The van der Waals surface area contributed by atoms with Gasteiger partial charge in [-0.1, -0.05) is 54.1 Å². The third-order valence-corrected chi connectivity index (χ3v) is 6.68. The van der Waals surface area contributed by atoms with Gasteiger partial charge in [0.05, 0.1) is 12.5 Å². The summed E-state index contributed by atoms with van der Waals surface area (Å²) < 4.78 is 0. The van der Waals surface area contributed by atoms with Crippen LogP contribution in [0.4, 0.5) is 11.4 Å². The topological polar surface area (TPSA) is 52.7 Å². The van der Waals surface area contributed by atoms with E-state index in [4.69, 9.17) is 11.6 Å². The Labute approximate surface area is 199 Å². The van der Waals surface area contributed by atoms with Crippen molar-refractivity contribution < 1.29 is 9.59 Å². The third kappa shape index (κ3) is 4.52. The molecule has 3 aromatic carbocycles. The first-order chi connectivity index (χ1) is 16.1. The molecule has 168 valence electrons. The van der Waals surface area contributed by atoms with Crippen molar-refractivity contribution in [1.82, 2.24) is 5.32 Å². The summed E-state index contributed by atoms with van der Waals surface area (Å²) in [6, 6.07) is 23.1. The first-order valence-corrected chi connectivity index (χ1v) is 11.7. The quantitative estimate of drug-likeness (QED) is 0.564. The summed E-state index contributed by atoms with van der Waals surface area (Å²) in [6.45, 7) is 4.18. The van der Waals surface area contributed by atoms with Gasteiger partial charge >= 0.3 is 0 Å². The fourth-order valence-corrected chi connectivity index (χ4v) is 4.92. The average molecular weight is 460 g/mol. The molecular formula is C27H26ClN3O2. The number of amides is 1. The lowest BCUT2D eigenvalue weighted by Gasteiger charge is -2.36. The molecule has 1 unspecified atom stereocenters. The lowest BCUT2D eigenvalue weighted by Crippen LogP contribution is -2.44. The number of nitrogens with zero attached hydrogens (tertiary/aromatic N) is 2. The van der Waals surface area contributed by atoms with E-state index in [9.17, 15) is 9.59 Å². The minimum absolute atomic E-state index is 0.0401. The number of nitrogens with one attached hydrogen (secondary N) is 1. The number of anilines is 2. The largest absolute Gasteiger partial charge is 0.369 e. The van der Waals surface area contributed by atoms with Crippen LogP contribution in [0.3, 0.4) is 0 Å². The van der Waals surface area contributed by atoms with Gasteiger partial charge in [-0.05, 0) is 41.5 Å². The molecule has 1 saturated heterocycles. The van der Waals surface area contributed by atoms with E-state index in [1.54, 1.807) is 24.3 Å². The maximum Gasteiger partial charge on any atom is 0.228 e. The molecule has 1 N–H and O–H groups in total. The normalized spacial score (nSPS) is 18.2. The van der Waals surface area contributed by atoms with E-state index in [0.29, 0.717) is 17.1 Å². The summed E-state index contributed by atoms with van der Waals surface area (Å²) >= 11 is 6.16. The molecule has 3 aromatic rings. The number of hydrogen-bond donors (Lipinski definition) is 1. The van der Waals surface area contributed by atoms with Crippen LogP contribution in [-0.2, 0) is 11.3 Å². The predicted octanol–water partition coefficient (Wildman–Crippen LogP) is 4.65. The van der Waals surface area contributed by atoms with E-state index in [1.165, 1.54) is 0 Å². The van der Waals surface area contributed by atoms with Crippen LogP contribution in [0.2, 0.25) is 5.02 Å². The molecule has 33 heavy (non-hydrogen) atoms. The predicted molar refractivity (Wildman–Crippen MR) is 132 cm³/mol. The van der Waals surface area contributed by atoms with Crippen LogP contribution in [0.5, 0.6) is 0 Å². The minimum atomic E-state index is -0.527. The van der Waals surface area contributed by atoms with Gasteiger partial charge in [0.25, 0.3) is 0 Å². The Hall–Kier alpha value is -3.15. The Bertz CT molecular complexity index is 1170. The minimum Gasteiger partial charge on any atom is -0.369 e. The van der Waals surface area contributed by atoms with E-state index in [2.05, 4.69) is 22.3 Å². The molecule has 0 radical (unpaired) electrons. The molecule has 1 atom stereocenters.